The largest absolute Gasteiger partial charge is 0.487 e. The number of aryl methyl sites for hydroxylation is 2. The Kier molecular flexibility index (Phi) is 4.38. The van der Waals surface area contributed by atoms with Crippen molar-refractivity contribution >= 4 is 11.6 Å². The molecule has 0 fully saturated rings. The first-order valence-electron chi connectivity index (χ1n) is 8.08. The molecule has 0 saturated heterocycles. The van der Waals surface area contributed by atoms with Gasteiger partial charge in [-0.3, -0.25) is 4.79 Å². The van der Waals surface area contributed by atoms with Gasteiger partial charge in [-0.25, -0.2) is 4.79 Å². The van der Waals surface area contributed by atoms with E-state index in [9.17, 15) is 9.59 Å². The van der Waals surface area contributed by atoms with Crippen molar-refractivity contribution in [2.75, 3.05) is 11.4 Å². The number of H-pyrrole nitrogens is 1. The third-order valence-electron chi connectivity index (χ3n) is 4.27. The van der Waals surface area contributed by atoms with Crippen LogP contribution in [0.4, 0.5) is 5.69 Å². The number of para-hydroxylation sites is 2. The van der Waals surface area contributed by atoms with Gasteiger partial charge in [0.05, 0.1) is 12.2 Å². The second-order valence-corrected chi connectivity index (χ2v) is 6.13. The van der Waals surface area contributed by atoms with E-state index in [0.717, 1.165) is 22.7 Å². The van der Waals surface area contributed by atoms with Crippen LogP contribution in [0.1, 0.15) is 30.3 Å². The number of ether oxygens (including phenoxy) is 1. The molecule has 1 aliphatic rings. The number of nitrogens with one attached hydrogen (secondary N) is 1. The summed E-state index contributed by atoms with van der Waals surface area (Å²) in [5, 5.41) is 0. The first kappa shape index (κ1) is 16.2. The summed E-state index contributed by atoms with van der Waals surface area (Å²) >= 11 is 0. The molecule has 0 radical (unpaired) electrons. The molecule has 2 heterocycles. The number of aromatic amines is 1. The lowest BCUT2D eigenvalue weighted by atomic mass is 10.1. The average molecular weight is 327 g/mol. The molecular weight excluding hydrogens is 306 g/mol. The molecule has 1 N–H and O–H groups in total. The molecule has 0 bridgehead atoms. The summed E-state index contributed by atoms with van der Waals surface area (Å²) < 4.78 is 5.78. The Balaban J connectivity index is 1.78. The highest BCUT2D eigenvalue weighted by atomic mass is 16.5. The predicted octanol–water partition coefficient (Wildman–Crippen LogP) is 2.13. The molecule has 3 rings (SSSR count). The molecule has 0 saturated carbocycles. The van der Waals surface area contributed by atoms with E-state index in [1.165, 1.54) is 0 Å². The maximum atomic E-state index is 12.7. The lowest BCUT2D eigenvalue weighted by molar-refractivity contribution is -0.119. The van der Waals surface area contributed by atoms with E-state index in [-0.39, 0.29) is 17.7 Å². The van der Waals surface area contributed by atoms with Crippen LogP contribution in [0.2, 0.25) is 0 Å². The lowest BCUT2D eigenvalue weighted by Gasteiger charge is -2.33. The maximum Gasteiger partial charge on any atom is 0.345 e. The molecule has 126 valence electrons. The van der Waals surface area contributed by atoms with E-state index in [2.05, 4.69) is 9.97 Å². The number of rotatable bonds is 3. The monoisotopic (exact) mass is 327 g/mol. The number of anilines is 1. The van der Waals surface area contributed by atoms with Crippen molar-refractivity contribution in [2.24, 2.45) is 0 Å². The SMILES string of the molecule is Cc1nc(=O)[nH]c(C)c1CCC(=O)N1CC(C)Oc2ccccc21. The van der Waals surface area contributed by atoms with Crippen LogP contribution in [-0.4, -0.2) is 28.5 Å². The fraction of sp³-hybridized carbons (Fsp3) is 0.389. The molecule has 6 nitrogen and oxygen atoms in total. The van der Waals surface area contributed by atoms with Crippen molar-refractivity contribution in [1.82, 2.24) is 9.97 Å². The summed E-state index contributed by atoms with van der Waals surface area (Å²) in [4.78, 5) is 32.5. The Morgan fingerprint density at radius 1 is 1.38 bits per heavy atom. The zero-order chi connectivity index (χ0) is 17.3. The van der Waals surface area contributed by atoms with Gasteiger partial charge in [-0.1, -0.05) is 12.1 Å². The summed E-state index contributed by atoms with van der Waals surface area (Å²) in [5.41, 5.74) is 2.85. The van der Waals surface area contributed by atoms with Crippen LogP contribution in [0.25, 0.3) is 0 Å². The Morgan fingerprint density at radius 2 is 2.12 bits per heavy atom. The predicted molar refractivity (Wildman–Crippen MR) is 91.5 cm³/mol. The van der Waals surface area contributed by atoms with Crippen molar-refractivity contribution in [3.8, 4) is 5.75 Å². The van der Waals surface area contributed by atoms with E-state index in [0.29, 0.717) is 25.1 Å². The highest BCUT2D eigenvalue weighted by Gasteiger charge is 2.27. The number of carbonyl (C=O) groups excluding carboxylic acids is 1. The second-order valence-electron chi connectivity index (χ2n) is 6.13. The van der Waals surface area contributed by atoms with E-state index >= 15 is 0 Å². The Morgan fingerprint density at radius 3 is 2.88 bits per heavy atom. The van der Waals surface area contributed by atoms with Crippen molar-refractivity contribution in [1.29, 1.82) is 0 Å². The van der Waals surface area contributed by atoms with Gasteiger partial charge >= 0.3 is 5.69 Å². The fourth-order valence-electron chi connectivity index (χ4n) is 3.12. The molecule has 24 heavy (non-hydrogen) atoms. The van der Waals surface area contributed by atoms with Gasteiger partial charge in [-0.15, -0.1) is 0 Å². The number of benzene rings is 1. The highest BCUT2D eigenvalue weighted by Crippen LogP contribution is 2.33. The van der Waals surface area contributed by atoms with Gasteiger partial charge in [-0.2, -0.15) is 4.98 Å². The molecule has 1 aliphatic heterocycles. The Hall–Kier alpha value is -2.63. The molecular formula is C18H21N3O3. The third kappa shape index (κ3) is 3.18. The molecule has 6 heteroatoms. The first-order chi connectivity index (χ1) is 11.5. The van der Waals surface area contributed by atoms with Gasteiger partial charge < -0.3 is 14.6 Å². The zero-order valence-electron chi connectivity index (χ0n) is 14.1. The number of hydrogen-bond acceptors (Lipinski definition) is 4. The molecule has 1 amide bonds. The zero-order valence-corrected chi connectivity index (χ0v) is 14.1. The van der Waals surface area contributed by atoms with Crippen LogP contribution in [0.3, 0.4) is 0 Å². The summed E-state index contributed by atoms with van der Waals surface area (Å²) in [6, 6.07) is 7.58. The summed E-state index contributed by atoms with van der Waals surface area (Å²) in [7, 11) is 0. The molecule has 0 spiro atoms. The number of aromatic nitrogens is 2. The van der Waals surface area contributed by atoms with Gasteiger partial charge in [0.1, 0.15) is 11.9 Å². The van der Waals surface area contributed by atoms with Crippen LogP contribution in [0.15, 0.2) is 29.1 Å². The van der Waals surface area contributed by atoms with Crippen molar-refractivity contribution in [3.05, 3.63) is 51.7 Å². The minimum Gasteiger partial charge on any atom is -0.487 e. The average Bonchev–Trinajstić information content (AvgIpc) is 2.52. The van der Waals surface area contributed by atoms with Crippen LogP contribution in [0, 0.1) is 13.8 Å². The molecule has 0 aliphatic carbocycles. The number of nitrogens with zero attached hydrogens (tertiary/aromatic N) is 2. The molecule has 1 aromatic carbocycles. The molecule has 1 atom stereocenters. The van der Waals surface area contributed by atoms with E-state index < -0.39 is 0 Å². The summed E-state index contributed by atoms with van der Waals surface area (Å²) in [6.45, 7) is 6.13. The summed E-state index contributed by atoms with van der Waals surface area (Å²) in [6.07, 6.45) is 0.868. The second kappa shape index (κ2) is 6.47. The van der Waals surface area contributed by atoms with E-state index in [1.54, 1.807) is 11.8 Å². The summed E-state index contributed by atoms with van der Waals surface area (Å²) in [5.74, 6) is 0.783. The minimum absolute atomic E-state index is 0.0398. The van der Waals surface area contributed by atoms with Gasteiger partial charge in [-0.05, 0) is 44.9 Å². The van der Waals surface area contributed by atoms with Gasteiger partial charge in [0.2, 0.25) is 5.91 Å². The molecule has 1 unspecified atom stereocenters. The Bertz CT molecular complexity index is 802. The standard InChI is InChI=1S/C18H21N3O3/c1-11-10-21(15-6-4-5-7-16(15)24-11)17(22)9-8-14-12(2)19-18(23)20-13(14)3/h4-7,11H,8-10H2,1-3H3,(H,19,20,23). The maximum absolute atomic E-state index is 12.7. The topological polar surface area (TPSA) is 75.3 Å². The van der Waals surface area contributed by atoms with E-state index in [1.807, 2.05) is 38.1 Å². The third-order valence-corrected chi connectivity index (χ3v) is 4.27. The van der Waals surface area contributed by atoms with Gasteiger partial charge in [0.25, 0.3) is 0 Å². The van der Waals surface area contributed by atoms with Gasteiger partial charge in [0.15, 0.2) is 0 Å². The van der Waals surface area contributed by atoms with Crippen molar-refractivity contribution in [3.63, 3.8) is 0 Å². The fourth-order valence-corrected chi connectivity index (χ4v) is 3.12. The number of carbonyl (C=O) groups is 1. The smallest absolute Gasteiger partial charge is 0.345 e. The number of hydrogen-bond donors (Lipinski definition) is 1. The minimum atomic E-state index is -0.351. The van der Waals surface area contributed by atoms with Crippen LogP contribution >= 0.6 is 0 Å². The van der Waals surface area contributed by atoms with Crippen LogP contribution in [-0.2, 0) is 11.2 Å². The lowest BCUT2D eigenvalue weighted by Crippen LogP contribution is -2.42. The van der Waals surface area contributed by atoms with Crippen molar-refractivity contribution in [2.45, 2.75) is 39.7 Å². The van der Waals surface area contributed by atoms with E-state index in [4.69, 9.17) is 4.74 Å². The molecule has 2 aromatic rings. The Labute approximate surface area is 140 Å². The molecule has 1 aromatic heterocycles. The highest BCUT2D eigenvalue weighted by molar-refractivity contribution is 5.95. The number of amides is 1. The number of fused-ring (bicyclic) bond motifs is 1. The van der Waals surface area contributed by atoms with Crippen molar-refractivity contribution < 1.29 is 9.53 Å². The van der Waals surface area contributed by atoms with Gasteiger partial charge in [0, 0.05) is 17.8 Å². The van der Waals surface area contributed by atoms with Crippen LogP contribution < -0.4 is 15.3 Å². The normalized spacial score (nSPS) is 16.5. The first-order valence-corrected chi connectivity index (χ1v) is 8.08. The quantitative estimate of drug-likeness (QED) is 0.937. The van der Waals surface area contributed by atoms with Crippen LogP contribution in [0.5, 0.6) is 5.75 Å².